The van der Waals surface area contributed by atoms with Gasteiger partial charge in [0.1, 0.15) is 11.6 Å². The lowest BCUT2D eigenvalue weighted by Gasteiger charge is -2.22. The van der Waals surface area contributed by atoms with Crippen molar-refractivity contribution >= 4 is 5.96 Å². The van der Waals surface area contributed by atoms with Gasteiger partial charge in [0.15, 0.2) is 11.8 Å². The minimum Gasteiger partial charge on any atom is -0.497 e. The van der Waals surface area contributed by atoms with Crippen LogP contribution < -0.4 is 15.4 Å². The first kappa shape index (κ1) is 22.8. The van der Waals surface area contributed by atoms with E-state index in [1.165, 1.54) is 42.4 Å². The van der Waals surface area contributed by atoms with Crippen LogP contribution in [0.3, 0.4) is 0 Å². The first-order valence-electron chi connectivity index (χ1n) is 11.7. The van der Waals surface area contributed by atoms with Crippen molar-refractivity contribution in [2.45, 2.75) is 58.7 Å². The van der Waals surface area contributed by atoms with E-state index in [1.54, 1.807) is 7.11 Å². The predicted octanol–water partition coefficient (Wildman–Crippen LogP) is 4.01. The van der Waals surface area contributed by atoms with Gasteiger partial charge in [-0.05, 0) is 73.9 Å². The molecular formula is C26H34N6O. The molecular weight excluding hydrogens is 412 g/mol. The zero-order valence-electron chi connectivity index (χ0n) is 20.1. The van der Waals surface area contributed by atoms with Gasteiger partial charge in [0.2, 0.25) is 0 Å². The molecule has 1 heterocycles. The molecule has 3 aromatic rings. The molecule has 0 radical (unpaired) electrons. The van der Waals surface area contributed by atoms with Gasteiger partial charge in [-0.1, -0.05) is 30.3 Å². The number of aliphatic imine (C=N–C) groups is 1. The lowest BCUT2D eigenvalue weighted by atomic mass is 9.89. The van der Waals surface area contributed by atoms with Gasteiger partial charge in [0, 0.05) is 7.05 Å². The molecule has 0 saturated carbocycles. The van der Waals surface area contributed by atoms with E-state index < -0.39 is 0 Å². The fourth-order valence-corrected chi connectivity index (χ4v) is 4.13. The molecule has 0 saturated heterocycles. The fraction of sp³-hybridized carbons (Fsp3) is 0.423. The maximum absolute atomic E-state index is 5.26. The molecule has 0 spiro atoms. The largest absolute Gasteiger partial charge is 0.497 e. The molecule has 0 aliphatic heterocycles. The van der Waals surface area contributed by atoms with Crippen LogP contribution in [-0.4, -0.2) is 27.8 Å². The molecule has 1 aliphatic carbocycles. The second kappa shape index (κ2) is 10.5. The maximum Gasteiger partial charge on any atom is 0.192 e. The molecule has 174 valence electrons. The number of aromatic nitrogens is 3. The Labute approximate surface area is 196 Å². The van der Waals surface area contributed by atoms with Gasteiger partial charge < -0.3 is 19.9 Å². The van der Waals surface area contributed by atoms with Gasteiger partial charge in [0.05, 0.1) is 26.2 Å². The number of hydrogen-bond acceptors (Lipinski definition) is 4. The topological polar surface area (TPSA) is 76.4 Å². The zero-order chi connectivity index (χ0) is 23.2. The standard InChI is InChI=1S/C26H34N6O/c1-18(22-12-11-21-7-5-6-8-23(21)15-22)29-26(28-17-25-31-30-19(2)32(25)3)27-16-20-9-13-24(33-4)14-10-20/h9-15,18H,5-8,16-17H2,1-4H3,(H2,27,28,29). The minimum absolute atomic E-state index is 0.126. The van der Waals surface area contributed by atoms with Gasteiger partial charge >= 0.3 is 0 Å². The number of nitrogens with one attached hydrogen (secondary N) is 2. The number of fused-ring (bicyclic) bond motifs is 1. The third-order valence-corrected chi connectivity index (χ3v) is 6.40. The van der Waals surface area contributed by atoms with Gasteiger partial charge in [0.25, 0.3) is 0 Å². The van der Waals surface area contributed by atoms with E-state index >= 15 is 0 Å². The van der Waals surface area contributed by atoms with Crippen molar-refractivity contribution in [2.75, 3.05) is 7.11 Å². The molecule has 0 bridgehead atoms. The average Bonchev–Trinajstić information content (AvgIpc) is 3.17. The van der Waals surface area contributed by atoms with Crippen LogP contribution in [0, 0.1) is 6.92 Å². The van der Waals surface area contributed by atoms with E-state index in [9.17, 15) is 0 Å². The highest BCUT2D eigenvalue weighted by molar-refractivity contribution is 5.80. The second-order valence-corrected chi connectivity index (χ2v) is 8.69. The van der Waals surface area contributed by atoms with E-state index in [-0.39, 0.29) is 6.04 Å². The number of aryl methyl sites for hydroxylation is 3. The summed E-state index contributed by atoms with van der Waals surface area (Å²) in [5.74, 6) is 3.35. The Balaban J connectivity index is 1.49. The quantitative estimate of drug-likeness (QED) is 0.424. The van der Waals surface area contributed by atoms with Gasteiger partial charge in [-0.25, -0.2) is 4.99 Å². The normalized spacial score (nSPS) is 14.5. The van der Waals surface area contributed by atoms with E-state index in [1.807, 2.05) is 42.8 Å². The molecule has 4 rings (SSSR count). The summed E-state index contributed by atoms with van der Waals surface area (Å²) in [5.41, 5.74) is 5.39. The third kappa shape index (κ3) is 5.72. The Hall–Kier alpha value is -3.35. The van der Waals surface area contributed by atoms with Gasteiger partial charge in [-0.3, -0.25) is 0 Å². The minimum atomic E-state index is 0.126. The smallest absolute Gasteiger partial charge is 0.192 e. The first-order chi connectivity index (χ1) is 16.0. The maximum atomic E-state index is 5.26. The van der Waals surface area contributed by atoms with Crippen LogP contribution in [0.4, 0.5) is 0 Å². The molecule has 0 fully saturated rings. The van der Waals surface area contributed by atoms with Crippen LogP contribution in [-0.2, 0) is 33.0 Å². The zero-order valence-corrected chi connectivity index (χ0v) is 20.1. The highest BCUT2D eigenvalue weighted by Crippen LogP contribution is 2.24. The summed E-state index contributed by atoms with van der Waals surface area (Å²) in [5, 5.41) is 15.4. The number of rotatable bonds is 7. The second-order valence-electron chi connectivity index (χ2n) is 8.69. The number of benzene rings is 2. The van der Waals surface area contributed by atoms with E-state index in [0.29, 0.717) is 13.1 Å². The van der Waals surface area contributed by atoms with Crippen LogP contribution in [0.5, 0.6) is 5.75 Å². The summed E-state index contributed by atoms with van der Waals surface area (Å²) < 4.78 is 7.25. The summed E-state index contributed by atoms with van der Waals surface area (Å²) >= 11 is 0. The van der Waals surface area contributed by atoms with Crippen LogP contribution in [0.25, 0.3) is 0 Å². The first-order valence-corrected chi connectivity index (χ1v) is 11.7. The van der Waals surface area contributed by atoms with Crippen LogP contribution in [0.2, 0.25) is 0 Å². The number of methoxy groups -OCH3 is 1. The van der Waals surface area contributed by atoms with Crippen LogP contribution >= 0.6 is 0 Å². The summed E-state index contributed by atoms with van der Waals surface area (Å²) in [7, 11) is 3.65. The van der Waals surface area contributed by atoms with Crippen molar-refractivity contribution in [2.24, 2.45) is 12.0 Å². The molecule has 7 nitrogen and oxygen atoms in total. The lowest BCUT2D eigenvalue weighted by molar-refractivity contribution is 0.414. The number of ether oxygens (including phenoxy) is 1. The van der Waals surface area contributed by atoms with Crippen molar-refractivity contribution in [3.05, 3.63) is 76.4 Å². The molecule has 33 heavy (non-hydrogen) atoms. The van der Waals surface area contributed by atoms with Crippen molar-refractivity contribution in [1.82, 2.24) is 25.4 Å². The SMILES string of the molecule is COc1ccc(CN=C(NCc2nnc(C)n2C)NC(C)c2ccc3c(c2)CCCC3)cc1. The molecule has 1 unspecified atom stereocenters. The van der Waals surface area contributed by atoms with Gasteiger partial charge in [-0.15, -0.1) is 10.2 Å². The Morgan fingerprint density at radius 2 is 1.85 bits per heavy atom. The molecule has 7 heteroatoms. The van der Waals surface area contributed by atoms with Gasteiger partial charge in [-0.2, -0.15) is 0 Å². The fourth-order valence-electron chi connectivity index (χ4n) is 4.13. The number of hydrogen-bond donors (Lipinski definition) is 2. The molecule has 1 aromatic heterocycles. The summed E-state index contributed by atoms with van der Waals surface area (Å²) in [6.07, 6.45) is 4.96. The summed E-state index contributed by atoms with van der Waals surface area (Å²) in [6.45, 7) is 5.24. The third-order valence-electron chi connectivity index (χ3n) is 6.40. The average molecular weight is 447 g/mol. The van der Waals surface area contributed by atoms with Crippen LogP contribution in [0.15, 0.2) is 47.5 Å². The Morgan fingerprint density at radius 3 is 2.55 bits per heavy atom. The Bertz CT molecular complexity index is 1100. The van der Waals surface area contributed by atoms with E-state index in [0.717, 1.165) is 28.9 Å². The van der Waals surface area contributed by atoms with E-state index in [2.05, 4.69) is 46.0 Å². The van der Waals surface area contributed by atoms with Crippen molar-refractivity contribution < 1.29 is 4.74 Å². The molecule has 1 atom stereocenters. The molecule has 2 aromatic carbocycles. The summed E-state index contributed by atoms with van der Waals surface area (Å²) in [6, 6.07) is 15.0. The Kier molecular flexibility index (Phi) is 7.27. The van der Waals surface area contributed by atoms with Crippen molar-refractivity contribution in [3.63, 3.8) is 0 Å². The monoisotopic (exact) mass is 446 g/mol. The predicted molar refractivity (Wildman–Crippen MR) is 131 cm³/mol. The number of guanidine groups is 1. The molecule has 2 N–H and O–H groups in total. The molecule has 1 aliphatic rings. The van der Waals surface area contributed by atoms with Crippen molar-refractivity contribution in [3.8, 4) is 5.75 Å². The Morgan fingerprint density at radius 1 is 1.09 bits per heavy atom. The van der Waals surface area contributed by atoms with Crippen LogP contribution in [0.1, 0.15) is 59.7 Å². The molecule has 0 amide bonds. The lowest BCUT2D eigenvalue weighted by Crippen LogP contribution is -2.39. The summed E-state index contributed by atoms with van der Waals surface area (Å²) in [4.78, 5) is 4.85. The highest BCUT2D eigenvalue weighted by atomic mass is 16.5. The van der Waals surface area contributed by atoms with E-state index in [4.69, 9.17) is 9.73 Å². The highest BCUT2D eigenvalue weighted by Gasteiger charge is 2.14. The number of nitrogens with zero attached hydrogens (tertiary/aromatic N) is 4. The van der Waals surface area contributed by atoms with Crippen molar-refractivity contribution in [1.29, 1.82) is 0 Å².